The topological polar surface area (TPSA) is 69.6 Å². The predicted molar refractivity (Wildman–Crippen MR) is 71.3 cm³/mol. The third-order valence-corrected chi connectivity index (χ3v) is 3.96. The molecule has 0 aromatic heterocycles. The quantitative estimate of drug-likeness (QED) is 0.857. The number of aliphatic carboxylic acids is 1. The molecule has 2 aliphatic rings. The molecule has 1 aromatic carbocycles. The molecular weight excluding hydrogens is 244 g/mol. The summed E-state index contributed by atoms with van der Waals surface area (Å²) in [7, 11) is 1.78. The number of carbonyl (C=O) groups excluding carboxylic acids is 1. The Labute approximate surface area is 111 Å². The van der Waals surface area contributed by atoms with Gasteiger partial charge in [0.05, 0.1) is 12.3 Å². The molecule has 1 aliphatic carbocycles. The molecule has 0 spiro atoms. The van der Waals surface area contributed by atoms with Crippen LogP contribution in [0.5, 0.6) is 0 Å². The Morgan fingerprint density at radius 2 is 2.32 bits per heavy atom. The molecule has 3 rings (SSSR count). The molecule has 0 saturated heterocycles. The standard InChI is InChI=1S/C14H16N2O3/c1-16-12-3-2-10(4-8(12)6-13(16)17)15-7-9-5-11(9)14(18)19/h2-4,9,11,15H,5-7H2,1H3,(H,18,19). The Bertz CT molecular complexity index is 556. The van der Waals surface area contributed by atoms with Gasteiger partial charge >= 0.3 is 5.97 Å². The van der Waals surface area contributed by atoms with Gasteiger partial charge in [0.25, 0.3) is 0 Å². The second kappa shape index (κ2) is 4.26. The molecule has 1 fully saturated rings. The summed E-state index contributed by atoms with van der Waals surface area (Å²) in [5, 5.41) is 12.1. The fourth-order valence-corrected chi connectivity index (χ4v) is 2.60. The number of likely N-dealkylation sites (N-methyl/N-ethyl adjacent to an activating group) is 1. The van der Waals surface area contributed by atoms with Crippen LogP contribution in [0.15, 0.2) is 18.2 Å². The molecule has 100 valence electrons. The van der Waals surface area contributed by atoms with E-state index in [2.05, 4.69) is 5.32 Å². The first-order valence-electron chi connectivity index (χ1n) is 6.42. The van der Waals surface area contributed by atoms with E-state index in [9.17, 15) is 9.59 Å². The largest absolute Gasteiger partial charge is 0.481 e. The number of amides is 1. The van der Waals surface area contributed by atoms with Crippen molar-refractivity contribution in [3.63, 3.8) is 0 Å². The second-order valence-electron chi connectivity index (χ2n) is 5.29. The third kappa shape index (κ3) is 2.16. The highest BCUT2D eigenvalue weighted by Crippen LogP contribution is 2.39. The number of benzene rings is 1. The number of nitrogens with one attached hydrogen (secondary N) is 1. The molecule has 5 heteroatoms. The monoisotopic (exact) mass is 260 g/mol. The highest BCUT2D eigenvalue weighted by molar-refractivity contribution is 6.01. The Morgan fingerprint density at radius 1 is 1.53 bits per heavy atom. The lowest BCUT2D eigenvalue weighted by Gasteiger charge is -2.11. The van der Waals surface area contributed by atoms with Gasteiger partial charge in [0.15, 0.2) is 0 Å². The average Bonchev–Trinajstić information content (AvgIpc) is 3.10. The van der Waals surface area contributed by atoms with Gasteiger partial charge in [-0.05, 0) is 36.1 Å². The van der Waals surface area contributed by atoms with Crippen LogP contribution < -0.4 is 10.2 Å². The van der Waals surface area contributed by atoms with E-state index in [1.165, 1.54) is 0 Å². The van der Waals surface area contributed by atoms with Gasteiger partial charge in [-0.3, -0.25) is 9.59 Å². The Hall–Kier alpha value is -2.04. The molecule has 1 saturated carbocycles. The molecule has 2 atom stereocenters. The van der Waals surface area contributed by atoms with E-state index in [4.69, 9.17) is 5.11 Å². The number of carboxylic acid groups (broad SMARTS) is 1. The second-order valence-corrected chi connectivity index (χ2v) is 5.29. The lowest BCUT2D eigenvalue weighted by atomic mass is 10.1. The smallest absolute Gasteiger partial charge is 0.306 e. The Balaban J connectivity index is 1.63. The molecule has 5 nitrogen and oxygen atoms in total. The minimum Gasteiger partial charge on any atom is -0.481 e. The van der Waals surface area contributed by atoms with Gasteiger partial charge in [0.1, 0.15) is 0 Å². The van der Waals surface area contributed by atoms with E-state index in [1.807, 2.05) is 18.2 Å². The van der Waals surface area contributed by atoms with Crippen molar-refractivity contribution in [2.24, 2.45) is 11.8 Å². The van der Waals surface area contributed by atoms with Gasteiger partial charge in [-0.1, -0.05) is 0 Å². The zero-order valence-electron chi connectivity index (χ0n) is 10.7. The van der Waals surface area contributed by atoms with Gasteiger partial charge < -0.3 is 15.3 Å². The number of carboxylic acids is 1. The Morgan fingerprint density at radius 3 is 3.00 bits per heavy atom. The zero-order chi connectivity index (χ0) is 13.6. The lowest BCUT2D eigenvalue weighted by Crippen LogP contribution is -2.20. The first-order chi connectivity index (χ1) is 9.06. The van der Waals surface area contributed by atoms with Gasteiger partial charge in [-0.2, -0.15) is 0 Å². The molecular formula is C14H16N2O3. The van der Waals surface area contributed by atoms with E-state index < -0.39 is 5.97 Å². The number of rotatable bonds is 4. The van der Waals surface area contributed by atoms with Crippen LogP contribution in [0.25, 0.3) is 0 Å². The normalized spacial score (nSPS) is 24.3. The van der Waals surface area contributed by atoms with Crippen LogP contribution in [0.3, 0.4) is 0 Å². The highest BCUT2D eigenvalue weighted by atomic mass is 16.4. The van der Waals surface area contributed by atoms with Crippen LogP contribution in [0.1, 0.15) is 12.0 Å². The number of anilines is 2. The molecule has 1 aliphatic heterocycles. The summed E-state index contributed by atoms with van der Waals surface area (Å²) < 4.78 is 0. The molecule has 0 bridgehead atoms. The zero-order valence-corrected chi connectivity index (χ0v) is 10.7. The van der Waals surface area contributed by atoms with Crippen molar-refractivity contribution < 1.29 is 14.7 Å². The number of fused-ring (bicyclic) bond motifs is 1. The van der Waals surface area contributed by atoms with Crippen molar-refractivity contribution in [1.82, 2.24) is 0 Å². The van der Waals surface area contributed by atoms with Crippen molar-refractivity contribution in [1.29, 1.82) is 0 Å². The molecule has 1 heterocycles. The summed E-state index contributed by atoms with van der Waals surface area (Å²) in [5.74, 6) is -0.544. The first kappa shape index (κ1) is 12.0. The van der Waals surface area contributed by atoms with Gasteiger partial charge in [0, 0.05) is 25.0 Å². The molecule has 0 radical (unpaired) electrons. The fraction of sp³-hybridized carbons (Fsp3) is 0.429. The summed E-state index contributed by atoms with van der Waals surface area (Å²) in [6.07, 6.45) is 1.21. The molecule has 1 aromatic rings. The maximum Gasteiger partial charge on any atom is 0.306 e. The summed E-state index contributed by atoms with van der Waals surface area (Å²) in [4.78, 5) is 24.0. The molecule has 19 heavy (non-hydrogen) atoms. The molecule has 2 unspecified atom stereocenters. The summed E-state index contributed by atoms with van der Waals surface area (Å²) in [6.45, 7) is 0.680. The highest BCUT2D eigenvalue weighted by Gasteiger charge is 2.42. The summed E-state index contributed by atoms with van der Waals surface area (Å²) in [5.41, 5.74) is 2.95. The van der Waals surface area contributed by atoms with E-state index >= 15 is 0 Å². The minimum atomic E-state index is -0.701. The van der Waals surface area contributed by atoms with Crippen LogP contribution in [-0.4, -0.2) is 30.6 Å². The van der Waals surface area contributed by atoms with Gasteiger partial charge in [-0.15, -0.1) is 0 Å². The fourth-order valence-electron chi connectivity index (χ4n) is 2.60. The minimum absolute atomic E-state index is 0.111. The number of carbonyl (C=O) groups is 2. The van der Waals surface area contributed by atoms with Crippen LogP contribution >= 0.6 is 0 Å². The number of hydrogen-bond acceptors (Lipinski definition) is 3. The number of hydrogen-bond donors (Lipinski definition) is 2. The van der Waals surface area contributed by atoms with Crippen molar-refractivity contribution in [2.75, 3.05) is 23.8 Å². The van der Waals surface area contributed by atoms with Crippen molar-refractivity contribution >= 4 is 23.3 Å². The molecule has 1 amide bonds. The third-order valence-electron chi connectivity index (χ3n) is 3.96. The average molecular weight is 260 g/mol. The van der Waals surface area contributed by atoms with E-state index in [1.54, 1.807) is 11.9 Å². The van der Waals surface area contributed by atoms with Crippen LogP contribution in [0.4, 0.5) is 11.4 Å². The van der Waals surface area contributed by atoms with E-state index in [-0.39, 0.29) is 17.7 Å². The predicted octanol–water partition coefficient (Wildman–Crippen LogP) is 1.34. The van der Waals surface area contributed by atoms with E-state index in [0.717, 1.165) is 23.4 Å². The summed E-state index contributed by atoms with van der Waals surface area (Å²) in [6, 6.07) is 5.85. The van der Waals surface area contributed by atoms with Gasteiger partial charge in [0.2, 0.25) is 5.91 Å². The summed E-state index contributed by atoms with van der Waals surface area (Å²) >= 11 is 0. The van der Waals surface area contributed by atoms with Crippen LogP contribution in [0, 0.1) is 11.8 Å². The van der Waals surface area contributed by atoms with Crippen LogP contribution in [0.2, 0.25) is 0 Å². The Kier molecular flexibility index (Phi) is 2.69. The van der Waals surface area contributed by atoms with Crippen molar-refractivity contribution in [2.45, 2.75) is 12.8 Å². The van der Waals surface area contributed by atoms with Gasteiger partial charge in [-0.25, -0.2) is 0 Å². The van der Waals surface area contributed by atoms with E-state index in [0.29, 0.717) is 13.0 Å². The lowest BCUT2D eigenvalue weighted by molar-refractivity contribution is -0.138. The maximum absolute atomic E-state index is 11.6. The first-order valence-corrected chi connectivity index (χ1v) is 6.42. The van der Waals surface area contributed by atoms with Crippen molar-refractivity contribution in [3.8, 4) is 0 Å². The SMILES string of the molecule is CN1C(=O)Cc2cc(NCC3CC3C(=O)O)ccc21. The maximum atomic E-state index is 11.6. The van der Waals surface area contributed by atoms with Crippen LogP contribution in [-0.2, 0) is 16.0 Å². The van der Waals surface area contributed by atoms with Crippen molar-refractivity contribution in [3.05, 3.63) is 23.8 Å². The molecule has 2 N–H and O–H groups in total. The number of nitrogens with zero attached hydrogens (tertiary/aromatic N) is 1.